The number of ether oxygens (including phenoxy) is 2. The highest BCUT2D eigenvalue weighted by molar-refractivity contribution is 6.33. The fourth-order valence-electron chi connectivity index (χ4n) is 2.36. The predicted molar refractivity (Wildman–Crippen MR) is 84.3 cm³/mol. The molecular weight excluding hydrogens is 386 g/mol. The van der Waals surface area contributed by atoms with Gasteiger partial charge in [-0.25, -0.2) is 18.4 Å². The molecule has 7 nitrogen and oxygen atoms in total. The Hall–Kier alpha value is -2.69. The van der Waals surface area contributed by atoms with Crippen LogP contribution in [0.1, 0.15) is 11.3 Å². The van der Waals surface area contributed by atoms with E-state index in [9.17, 15) is 27.2 Å². The van der Waals surface area contributed by atoms with Crippen LogP contribution in [0, 0.1) is 12.7 Å². The number of nitrogen functional groups attached to an aromatic ring is 1. The third-order valence-corrected chi connectivity index (χ3v) is 4.01. The lowest BCUT2D eigenvalue weighted by Gasteiger charge is -2.19. The first-order chi connectivity index (χ1) is 12.0. The zero-order valence-electron chi connectivity index (χ0n) is 13.6. The summed E-state index contributed by atoms with van der Waals surface area (Å²) in [5, 5.41) is -0.196. The molecular formula is C14H12ClF4N3O4. The smallest absolute Gasteiger partial charge is 0.433 e. The summed E-state index contributed by atoms with van der Waals surface area (Å²) < 4.78 is 63.0. The highest BCUT2D eigenvalue weighted by Gasteiger charge is 2.36. The first-order valence-electron chi connectivity index (χ1n) is 6.78. The van der Waals surface area contributed by atoms with E-state index in [1.54, 1.807) is 0 Å². The number of rotatable bonds is 3. The fourth-order valence-corrected chi connectivity index (χ4v) is 2.61. The molecule has 2 rings (SSSR count). The van der Waals surface area contributed by atoms with Gasteiger partial charge in [-0.1, -0.05) is 11.6 Å². The Kier molecular flexibility index (Phi) is 4.95. The maximum absolute atomic E-state index is 14.8. The van der Waals surface area contributed by atoms with Crippen molar-refractivity contribution in [1.82, 2.24) is 9.24 Å². The molecule has 26 heavy (non-hydrogen) atoms. The fraction of sp³-hybridized carbons (Fsp3) is 0.286. The van der Waals surface area contributed by atoms with Crippen molar-refractivity contribution >= 4 is 11.6 Å². The van der Waals surface area contributed by atoms with Crippen LogP contribution in [0.2, 0.25) is 5.02 Å². The first kappa shape index (κ1) is 19.6. The van der Waals surface area contributed by atoms with Gasteiger partial charge in [0.15, 0.2) is 23.0 Å². The normalized spacial score (nSPS) is 11.5. The third kappa shape index (κ3) is 2.87. The standard InChI is InChI=1S/C14H12ClF4N3O4/c1-5-8(15)12(26-3)9(16)10(11(5)25-2)21-7(23)4-6(14(17,18)19)22(20)13(21)24/h4H,20H2,1-3H3. The second-order valence-electron chi connectivity index (χ2n) is 5.02. The van der Waals surface area contributed by atoms with Crippen molar-refractivity contribution in [2.45, 2.75) is 13.1 Å². The largest absolute Gasteiger partial charge is 0.494 e. The number of halogens is 5. The minimum absolute atomic E-state index is 0.0662. The summed E-state index contributed by atoms with van der Waals surface area (Å²) in [6.45, 7) is 1.38. The maximum Gasteiger partial charge on any atom is 0.433 e. The van der Waals surface area contributed by atoms with E-state index in [1.807, 2.05) is 0 Å². The van der Waals surface area contributed by atoms with Gasteiger partial charge in [0.25, 0.3) is 5.56 Å². The Morgan fingerprint density at radius 2 is 1.69 bits per heavy atom. The number of alkyl halides is 3. The summed E-state index contributed by atoms with van der Waals surface area (Å²) in [5.41, 5.74) is -5.47. The van der Waals surface area contributed by atoms with E-state index in [-0.39, 0.29) is 31.6 Å². The molecule has 0 spiro atoms. The monoisotopic (exact) mass is 397 g/mol. The highest BCUT2D eigenvalue weighted by Crippen LogP contribution is 2.41. The molecule has 0 saturated heterocycles. The van der Waals surface area contributed by atoms with Crippen LogP contribution in [0.4, 0.5) is 17.6 Å². The van der Waals surface area contributed by atoms with Gasteiger partial charge < -0.3 is 15.3 Å². The Bertz CT molecular complexity index is 998. The summed E-state index contributed by atoms with van der Waals surface area (Å²) >= 11 is 5.95. The number of nitrogens with two attached hydrogens (primary N) is 1. The number of aromatic nitrogens is 2. The van der Waals surface area contributed by atoms with E-state index >= 15 is 0 Å². The second kappa shape index (κ2) is 6.56. The quantitative estimate of drug-likeness (QED) is 0.631. The Morgan fingerprint density at radius 1 is 1.15 bits per heavy atom. The van der Waals surface area contributed by atoms with Gasteiger partial charge in [0, 0.05) is 11.6 Å². The van der Waals surface area contributed by atoms with E-state index in [1.165, 1.54) is 6.92 Å². The molecule has 0 saturated carbocycles. The minimum atomic E-state index is -5.07. The number of methoxy groups -OCH3 is 2. The van der Waals surface area contributed by atoms with E-state index in [0.717, 1.165) is 14.2 Å². The van der Waals surface area contributed by atoms with Crippen LogP contribution < -0.4 is 26.6 Å². The van der Waals surface area contributed by atoms with Crippen LogP contribution >= 0.6 is 11.6 Å². The molecule has 1 heterocycles. The summed E-state index contributed by atoms with van der Waals surface area (Å²) in [5.74, 6) is 3.02. The Morgan fingerprint density at radius 3 is 2.15 bits per heavy atom. The SMILES string of the molecule is COc1c(F)c(-n2c(=O)cc(C(F)(F)F)n(N)c2=O)c(OC)c(C)c1Cl. The van der Waals surface area contributed by atoms with Crippen molar-refractivity contribution in [2.75, 3.05) is 20.1 Å². The molecule has 142 valence electrons. The summed E-state index contributed by atoms with van der Waals surface area (Å²) in [6.07, 6.45) is -5.07. The molecule has 0 aliphatic rings. The second-order valence-corrected chi connectivity index (χ2v) is 5.40. The van der Waals surface area contributed by atoms with Crippen LogP contribution in [0.25, 0.3) is 5.69 Å². The molecule has 0 bridgehead atoms. The van der Waals surface area contributed by atoms with E-state index < -0.39 is 40.4 Å². The summed E-state index contributed by atoms with van der Waals surface area (Å²) in [7, 11) is 2.18. The molecule has 0 amide bonds. The van der Waals surface area contributed by atoms with E-state index in [2.05, 4.69) is 0 Å². The van der Waals surface area contributed by atoms with Gasteiger partial charge in [-0.3, -0.25) is 4.79 Å². The average Bonchev–Trinajstić information content (AvgIpc) is 2.55. The third-order valence-electron chi connectivity index (χ3n) is 3.55. The highest BCUT2D eigenvalue weighted by atomic mass is 35.5. The minimum Gasteiger partial charge on any atom is -0.494 e. The van der Waals surface area contributed by atoms with E-state index in [4.69, 9.17) is 26.9 Å². The number of benzene rings is 1. The topological polar surface area (TPSA) is 88.5 Å². The van der Waals surface area contributed by atoms with Crippen molar-refractivity contribution in [3.05, 3.63) is 49.0 Å². The molecule has 2 aromatic rings. The lowest BCUT2D eigenvalue weighted by molar-refractivity contribution is -0.143. The molecule has 2 N–H and O–H groups in total. The number of hydrogen-bond donors (Lipinski definition) is 1. The van der Waals surface area contributed by atoms with Crippen LogP contribution in [0.5, 0.6) is 11.5 Å². The van der Waals surface area contributed by atoms with Crippen molar-refractivity contribution in [1.29, 1.82) is 0 Å². The summed E-state index contributed by atoms with van der Waals surface area (Å²) in [6, 6.07) is 0.0662. The van der Waals surface area contributed by atoms with Crippen LogP contribution in [-0.4, -0.2) is 23.5 Å². The molecule has 0 unspecified atom stereocenters. The molecule has 0 atom stereocenters. The van der Waals surface area contributed by atoms with Crippen molar-refractivity contribution in [2.24, 2.45) is 0 Å². The lowest BCUT2D eigenvalue weighted by atomic mass is 10.1. The van der Waals surface area contributed by atoms with Crippen LogP contribution in [0.3, 0.4) is 0 Å². The molecule has 0 radical (unpaired) electrons. The molecule has 0 aliphatic heterocycles. The van der Waals surface area contributed by atoms with Gasteiger partial charge in [0.05, 0.1) is 19.2 Å². The Balaban J connectivity index is 3.04. The van der Waals surface area contributed by atoms with Crippen LogP contribution in [-0.2, 0) is 6.18 Å². The van der Waals surface area contributed by atoms with Gasteiger partial charge in [-0.15, -0.1) is 0 Å². The maximum atomic E-state index is 14.8. The zero-order valence-corrected chi connectivity index (χ0v) is 14.3. The average molecular weight is 398 g/mol. The van der Waals surface area contributed by atoms with Crippen molar-refractivity contribution in [3.8, 4) is 17.2 Å². The molecule has 12 heteroatoms. The predicted octanol–water partition coefficient (Wildman–Crippen LogP) is 1.85. The van der Waals surface area contributed by atoms with Crippen molar-refractivity contribution < 1.29 is 27.0 Å². The van der Waals surface area contributed by atoms with Gasteiger partial charge in [0.2, 0.25) is 0 Å². The first-order valence-corrected chi connectivity index (χ1v) is 7.16. The molecule has 1 aromatic heterocycles. The molecule has 0 aliphatic carbocycles. The number of hydrogen-bond acceptors (Lipinski definition) is 5. The molecule has 0 fully saturated rings. The van der Waals surface area contributed by atoms with Gasteiger partial charge in [0.1, 0.15) is 5.69 Å². The van der Waals surface area contributed by atoms with Crippen LogP contribution in [0.15, 0.2) is 15.7 Å². The van der Waals surface area contributed by atoms with Gasteiger partial charge in [-0.05, 0) is 6.92 Å². The lowest BCUT2D eigenvalue weighted by Crippen LogP contribution is -2.45. The molecule has 1 aromatic carbocycles. The van der Waals surface area contributed by atoms with Gasteiger partial charge >= 0.3 is 11.9 Å². The van der Waals surface area contributed by atoms with Gasteiger partial charge in [-0.2, -0.15) is 13.2 Å². The van der Waals surface area contributed by atoms with Crippen molar-refractivity contribution in [3.63, 3.8) is 0 Å². The Labute approximate surface area is 148 Å². The van der Waals surface area contributed by atoms with E-state index in [0.29, 0.717) is 0 Å². The zero-order chi connectivity index (χ0) is 20.0. The number of nitrogens with zero attached hydrogens (tertiary/aromatic N) is 2. The summed E-state index contributed by atoms with van der Waals surface area (Å²) in [4.78, 5) is 24.5.